The second-order valence-electron chi connectivity index (χ2n) is 14.9. The second kappa shape index (κ2) is 23.5. The Morgan fingerprint density at radius 2 is 0.794 bits per heavy atom. The van der Waals surface area contributed by atoms with Crippen molar-refractivity contribution in [2.75, 3.05) is 21.3 Å². The second-order valence-corrected chi connectivity index (χ2v) is 17.7. The Balaban J connectivity index is 0.000000319. The van der Waals surface area contributed by atoms with Crippen molar-refractivity contribution in [2.45, 2.75) is 50.6 Å². The molecule has 0 aliphatic rings. The summed E-state index contributed by atoms with van der Waals surface area (Å²) in [5.74, 6) is -1.24. The maximum Gasteiger partial charge on any atom is 0.261 e. The van der Waals surface area contributed by atoms with E-state index < -0.39 is 20.2 Å². The SMILES string of the molecule is CC[n+]1cccc(NC(=O)c2ccc(NC(=O)c3cccc(NC(=O)c4ccc(NC(=O)c5ccc[n+](CC)c5)cc4)c3)cc2)c1.Cc1ccc(S(=O)(=O)[O-])cc1.Cc1ccc(S(=O)(=O)[O-])cc1. The average Bonchev–Trinajstić information content (AvgIpc) is 3.32. The van der Waals surface area contributed by atoms with Crippen LogP contribution in [0.25, 0.3) is 0 Å². The van der Waals surface area contributed by atoms with E-state index in [0.717, 1.165) is 24.2 Å². The molecule has 0 unspecified atom stereocenters. The molecule has 0 atom stereocenters. The van der Waals surface area contributed by atoms with Gasteiger partial charge in [-0.15, -0.1) is 0 Å². The van der Waals surface area contributed by atoms with Gasteiger partial charge < -0.3 is 30.4 Å². The van der Waals surface area contributed by atoms with Crippen molar-refractivity contribution in [3.05, 3.63) is 204 Å². The van der Waals surface area contributed by atoms with Gasteiger partial charge in [0.25, 0.3) is 23.6 Å². The standard InChI is InChI=1S/C36H32N6O4.2C7H8O3S/c1-3-41-20-6-9-28(23-41)36(46)38-30-18-12-25(13-19-30)33(43)39-31-10-5-8-27(22-31)35(45)37-29-16-14-26(15-17-29)34(44)40-32-11-7-21-42(4-2)24-32;2*1-6-2-4-7(5-3-6)11(8,9)10/h5-24H,3-4H2,1-2H3,(H2-2,37,38,39,40,43,44,45,46);2*2-5H,1H3,(H,8,9,10). The van der Waals surface area contributed by atoms with E-state index in [9.17, 15) is 45.1 Å². The number of aromatic nitrogens is 2. The minimum Gasteiger partial charge on any atom is -0.744 e. The zero-order valence-corrected chi connectivity index (χ0v) is 39.0. The lowest BCUT2D eigenvalue weighted by Gasteiger charge is -2.10. The monoisotopic (exact) mass is 956 g/mol. The Morgan fingerprint density at radius 1 is 0.426 bits per heavy atom. The van der Waals surface area contributed by atoms with E-state index in [0.29, 0.717) is 45.0 Å². The van der Waals surface area contributed by atoms with E-state index in [1.54, 1.807) is 109 Å². The summed E-state index contributed by atoms with van der Waals surface area (Å²) < 4.78 is 66.2. The Hall–Kier alpha value is -7.90. The lowest BCUT2D eigenvalue weighted by Crippen LogP contribution is -2.32. The number of amides is 4. The summed E-state index contributed by atoms with van der Waals surface area (Å²) in [6.07, 6.45) is 7.44. The quantitative estimate of drug-likeness (QED) is 0.0715. The molecule has 16 nitrogen and oxygen atoms in total. The molecule has 0 fully saturated rings. The van der Waals surface area contributed by atoms with E-state index in [2.05, 4.69) is 21.3 Å². The molecule has 2 aromatic heterocycles. The highest BCUT2D eigenvalue weighted by molar-refractivity contribution is 7.86. The number of rotatable bonds is 12. The van der Waals surface area contributed by atoms with Crippen LogP contribution in [0, 0.1) is 13.8 Å². The molecule has 4 amide bonds. The third kappa shape index (κ3) is 15.6. The fraction of sp³-hybridized carbons (Fsp3) is 0.120. The molecule has 0 radical (unpaired) electrons. The molecule has 0 spiro atoms. The number of nitrogens with zero attached hydrogens (tertiary/aromatic N) is 2. The van der Waals surface area contributed by atoms with Crippen molar-refractivity contribution in [1.29, 1.82) is 0 Å². The summed E-state index contributed by atoms with van der Waals surface area (Å²) in [5, 5.41) is 11.3. The van der Waals surface area contributed by atoms with Crippen LogP contribution in [0.2, 0.25) is 0 Å². The van der Waals surface area contributed by atoms with Gasteiger partial charge in [-0.1, -0.05) is 41.5 Å². The molecule has 4 N–H and O–H groups in total. The van der Waals surface area contributed by atoms with E-state index in [1.165, 1.54) is 24.3 Å². The molecule has 0 bridgehead atoms. The zero-order chi connectivity index (χ0) is 49.4. The van der Waals surface area contributed by atoms with Crippen LogP contribution < -0.4 is 30.4 Å². The van der Waals surface area contributed by atoms with Crippen LogP contribution in [0.15, 0.2) is 180 Å². The van der Waals surface area contributed by atoms with Gasteiger partial charge in [0.15, 0.2) is 24.8 Å². The van der Waals surface area contributed by atoms with Crippen LogP contribution >= 0.6 is 0 Å². The number of carbonyl (C=O) groups is 4. The molecule has 18 heteroatoms. The number of hydrogen-bond donors (Lipinski definition) is 4. The van der Waals surface area contributed by atoms with Gasteiger partial charge in [-0.3, -0.25) is 19.2 Å². The molecular weight excluding hydrogens is 909 g/mol. The van der Waals surface area contributed by atoms with E-state index in [4.69, 9.17) is 0 Å². The first-order valence-electron chi connectivity index (χ1n) is 20.9. The average molecular weight is 957 g/mol. The Bertz CT molecular complexity index is 3040. The lowest BCUT2D eigenvalue weighted by molar-refractivity contribution is -0.693. The van der Waals surface area contributed by atoms with Gasteiger partial charge in [0.05, 0.1) is 9.79 Å². The van der Waals surface area contributed by atoms with Gasteiger partial charge >= 0.3 is 0 Å². The summed E-state index contributed by atoms with van der Waals surface area (Å²) in [7, 11) is -8.54. The van der Waals surface area contributed by atoms with Gasteiger partial charge in [0.1, 0.15) is 44.6 Å². The molecule has 0 aliphatic heterocycles. The van der Waals surface area contributed by atoms with Gasteiger partial charge in [-0.2, -0.15) is 0 Å². The number of pyridine rings is 2. The molecular formula is C50H48N6O10S2. The van der Waals surface area contributed by atoms with Crippen molar-refractivity contribution < 1.29 is 54.3 Å². The first kappa shape index (κ1) is 51.1. The fourth-order valence-electron chi connectivity index (χ4n) is 6.02. The van der Waals surface area contributed by atoms with Crippen LogP contribution in [-0.2, 0) is 33.3 Å². The largest absolute Gasteiger partial charge is 0.744 e. The third-order valence-corrected chi connectivity index (χ3v) is 11.5. The third-order valence-electron chi connectivity index (χ3n) is 9.78. The zero-order valence-electron chi connectivity index (χ0n) is 37.4. The van der Waals surface area contributed by atoms with Crippen molar-refractivity contribution in [2.24, 2.45) is 0 Å². The molecule has 0 aliphatic carbocycles. The van der Waals surface area contributed by atoms with Crippen LogP contribution in [0.4, 0.5) is 22.7 Å². The van der Waals surface area contributed by atoms with E-state index >= 15 is 0 Å². The summed E-state index contributed by atoms with van der Waals surface area (Å²) in [5.41, 5.74) is 5.77. The molecule has 350 valence electrons. The van der Waals surface area contributed by atoms with Crippen LogP contribution in [0.5, 0.6) is 0 Å². The van der Waals surface area contributed by atoms with Gasteiger partial charge in [-0.05, 0) is 131 Å². The number of carbonyl (C=O) groups excluding carboxylic acids is 4. The van der Waals surface area contributed by atoms with Gasteiger partial charge in [0.2, 0.25) is 0 Å². The van der Waals surface area contributed by atoms with Gasteiger partial charge in [-0.25, -0.2) is 26.0 Å². The number of nitrogens with one attached hydrogen (secondary N) is 4. The highest BCUT2D eigenvalue weighted by atomic mass is 32.2. The molecule has 0 saturated carbocycles. The smallest absolute Gasteiger partial charge is 0.261 e. The summed E-state index contributed by atoms with van der Waals surface area (Å²) in [4.78, 5) is 50.8. The Morgan fingerprint density at radius 3 is 1.25 bits per heavy atom. The van der Waals surface area contributed by atoms with Gasteiger partial charge in [0, 0.05) is 45.9 Å². The van der Waals surface area contributed by atoms with E-state index in [1.807, 2.05) is 73.6 Å². The molecule has 7 rings (SSSR count). The normalized spacial score (nSPS) is 10.8. The summed E-state index contributed by atoms with van der Waals surface area (Å²) in [6.45, 7) is 9.20. The van der Waals surface area contributed by atoms with Crippen LogP contribution in [0.3, 0.4) is 0 Å². The maximum atomic E-state index is 13.0. The number of aryl methyl sites for hydroxylation is 4. The predicted octanol–water partition coefficient (Wildman–Crippen LogP) is 7.11. The number of benzene rings is 5. The Labute approximate surface area is 394 Å². The molecule has 0 saturated heterocycles. The Kier molecular flexibility index (Phi) is 17.7. The van der Waals surface area contributed by atoms with Crippen LogP contribution in [0.1, 0.15) is 66.4 Å². The first-order chi connectivity index (χ1) is 32.3. The van der Waals surface area contributed by atoms with E-state index in [-0.39, 0.29) is 33.4 Å². The van der Waals surface area contributed by atoms with Crippen molar-refractivity contribution in [3.63, 3.8) is 0 Å². The van der Waals surface area contributed by atoms with Crippen molar-refractivity contribution in [1.82, 2.24) is 0 Å². The lowest BCUT2D eigenvalue weighted by atomic mass is 10.1. The molecule has 2 heterocycles. The highest BCUT2D eigenvalue weighted by Crippen LogP contribution is 2.18. The maximum absolute atomic E-state index is 13.0. The molecule has 7 aromatic rings. The topological polar surface area (TPSA) is 239 Å². The minimum atomic E-state index is -4.27. The van der Waals surface area contributed by atoms with Crippen molar-refractivity contribution >= 4 is 66.6 Å². The number of anilines is 4. The predicted molar refractivity (Wildman–Crippen MR) is 254 cm³/mol. The fourth-order valence-corrected chi connectivity index (χ4v) is 6.96. The summed E-state index contributed by atoms with van der Waals surface area (Å²) in [6, 6.07) is 38.5. The minimum absolute atomic E-state index is 0.178. The summed E-state index contributed by atoms with van der Waals surface area (Å²) >= 11 is 0. The van der Waals surface area contributed by atoms with Crippen LogP contribution in [-0.4, -0.2) is 49.6 Å². The highest BCUT2D eigenvalue weighted by Gasteiger charge is 2.14. The first-order valence-corrected chi connectivity index (χ1v) is 23.7. The number of hydrogen-bond acceptors (Lipinski definition) is 10. The molecule has 68 heavy (non-hydrogen) atoms. The van der Waals surface area contributed by atoms with Crippen molar-refractivity contribution in [3.8, 4) is 0 Å². The molecule has 5 aromatic carbocycles.